The minimum Gasteiger partial charge on any atom is -0.481 e. The van der Waals surface area contributed by atoms with Crippen molar-refractivity contribution >= 4 is 58.9 Å². The predicted octanol–water partition coefficient (Wildman–Crippen LogP) is 5.10. The van der Waals surface area contributed by atoms with Crippen molar-refractivity contribution in [2.75, 3.05) is 36.5 Å². The number of halogens is 2. The second-order valence-electron chi connectivity index (χ2n) is 8.64. The number of carbonyl (C=O) groups is 1. The highest BCUT2D eigenvalue weighted by atomic mass is 35.5. The van der Waals surface area contributed by atoms with Gasteiger partial charge in [0.2, 0.25) is 0 Å². The summed E-state index contributed by atoms with van der Waals surface area (Å²) in [6.45, 7) is 4.71. The molecule has 3 aromatic rings. The molecule has 0 bridgehead atoms. The van der Waals surface area contributed by atoms with Crippen molar-refractivity contribution in [3.8, 4) is 10.6 Å². The van der Waals surface area contributed by atoms with E-state index >= 15 is 0 Å². The van der Waals surface area contributed by atoms with E-state index in [9.17, 15) is 4.79 Å². The number of hydrogen-bond acceptors (Lipinski definition) is 9. The third kappa shape index (κ3) is 6.43. The Balaban J connectivity index is 0.00000180. The van der Waals surface area contributed by atoms with Crippen LogP contribution in [0, 0.1) is 5.92 Å². The van der Waals surface area contributed by atoms with Crippen molar-refractivity contribution < 1.29 is 19.4 Å². The number of hydrogen-bond donors (Lipinski definition) is 2. The third-order valence-corrected chi connectivity index (χ3v) is 7.30. The van der Waals surface area contributed by atoms with Gasteiger partial charge in [-0.1, -0.05) is 17.4 Å². The number of aliphatic carboxylic acids is 1. The van der Waals surface area contributed by atoms with Crippen LogP contribution in [0.4, 0.5) is 16.8 Å². The van der Waals surface area contributed by atoms with Crippen LogP contribution in [-0.4, -0.2) is 52.3 Å². The zero-order valence-electron chi connectivity index (χ0n) is 19.8. The van der Waals surface area contributed by atoms with Gasteiger partial charge in [0.25, 0.3) is 0 Å². The Morgan fingerprint density at radius 1 is 1.17 bits per heavy atom. The van der Waals surface area contributed by atoms with Crippen LogP contribution in [0.1, 0.15) is 31.7 Å². The molecule has 12 heteroatoms. The lowest BCUT2D eigenvalue weighted by Crippen LogP contribution is -2.34. The van der Waals surface area contributed by atoms with Crippen molar-refractivity contribution in [2.45, 2.75) is 32.0 Å². The Kier molecular flexibility index (Phi) is 9.48. The van der Waals surface area contributed by atoms with Gasteiger partial charge >= 0.3 is 5.97 Å². The highest BCUT2D eigenvalue weighted by Crippen LogP contribution is 2.34. The van der Waals surface area contributed by atoms with E-state index in [0.29, 0.717) is 24.8 Å². The SMILES string of the molecule is CC1(c2ccnc(Nc3cccc(-c4cnc(N5CCC(CC(=O)O)CC5)s4)n3)c2)OCCO1.Cl.Cl. The minimum absolute atomic E-state index is 0. The minimum atomic E-state index is -0.754. The fraction of sp³-hybridized carbons (Fsp3) is 0.417. The van der Waals surface area contributed by atoms with Crippen LogP contribution >= 0.6 is 36.2 Å². The normalized spacial score (nSPS) is 17.2. The van der Waals surface area contributed by atoms with Gasteiger partial charge in [0.1, 0.15) is 11.6 Å². The second-order valence-corrected chi connectivity index (χ2v) is 9.65. The molecule has 0 atom stereocenters. The highest BCUT2D eigenvalue weighted by molar-refractivity contribution is 7.18. The lowest BCUT2D eigenvalue weighted by molar-refractivity contribution is -0.149. The topological polar surface area (TPSA) is 110 Å². The standard InChI is InChI=1S/C24H27N5O4S.2ClH/c1-24(32-11-12-33-24)17-5-8-25-21(14-17)28-20-4-2-3-18(27-20)19-15-26-23(34-19)29-9-6-16(7-10-29)13-22(30)31;;/h2-5,8,14-16H,6-7,9-13H2,1H3,(H,30,31)(H,25,27,28);2*1H. The summed E-state index contributed by atoms with van der Waals surface area (Å²) in [5.74, 6) is 0.127. The molecule has 2 saturated heterocycles. The zero-order chi connectivity index (χ0) is 23.5. The van der Waals surface area contributed by atoms with Crippen LogP contribution < -0.4 is 10.2 Å². The fourth-order valence-corrected chi connectivity index (χ4v) is 5.28. The van der Waals surface area contributed by atoms with Crippen molar-refractivity contribution in [2.24, 2.45) is 5.92 Å². The van der Waals surface area contributed by atoms with Crippen molar-refractivity contribution in [1.82, 2.24) is 15.0 Å². The van der Waals surface area contributed by atoms with Gasteiger partial charge in [-0.3, -0.25) is 4.79 Å². The quantitative estimate of drug-likeness (QED) is 0.412. The largest absolute Gasteiger partial charge is 0.481 e. The van der Waals surface area contributed by atoms with Gasteiger partial charge < -0.3 is 24.8 Å². The molecule has 5 heterocycles. The molecule has 0 amide bonds. The summed E-state index contributed by atoms with van der Waals surface area (Å²) >= 11 is 1.60. The molecule has 0 aromatic carbocycles. The number of thiazole rings is 1. The Morgan fingerprint density at radius 3 is 2.64 bits per heavy atom. The molecule has 3 aromatic heterocycles. The number of carboxylic acid groups (broad SMARTS) is 1. The summed E-state index contributed by atoms with van der Waals surface area (Å²) in [6, 6.07) is 9.63. The van der Waals surface area contributed by atoms with Crippen LogP contribution in [-0.2, 0) is 20.1 Å². The number of nitrogens with one attached hydrogen (secondary N) is 1. The molecule has 2 aliphatic heterocycles. The van der Waals surface area contributed by atoms with Gasteiger partial charge in [-0.05, 0) is 49.9 Å². The highest BCUT2D eigenvalue weighted by Gasteiger charge is 2.33. The molecule has 2 N–H and O–H groups in total. The molecule has 0 radical (unpaired) electrons. The molecule has 2 fully saturated rings. The first-order valence-electron chi connectivity index (χ1n) is 11.4. The van der Waals surface area contributed by atoms with Gasteiger partial charge in [-0.2, -0.15) is 0 Å². The first-order chi connectivity index (χ1) is 16.5. The second kappa shape index (κ2) is 12.2. The van der Waals surface area contributed by atoms with Crippen molar-refractivity contribution in [1.29, 1.82) is 0 Å². The maximum absolute atomic E-state index is 11.0. The molecular weight excluding hydrogens is 525 g/mol. The van der Waals surface area contributed by atoms with Gasteiger partial charge in [0.15, 0.2) is 10.9 Å². The van der Waals surface area contributed by atoms with Crippen LogP contribution in [0.5, 0.6) is 0 Å². The van der Waals surface area contributed by atoms with E-state index in [1.165, 1.54) is 0 Å². The van der Waals surface area contributed by atoms with Gasteiger partial charge in [0, 0.05) is 37.5 Å². The summed E-state index contributed by atoms with van der Waals surface area (Å²) in [5, 5.41) is 13.2. The number of anilines is 3. The van der Waals surface area contributed by atoms with E-state index in [4.69, 9.17) is 19.6 Å². The lowest BCUT2D eigenvalue weighted by Gasteiger charge is -2.30. The molecule has 36 heavy (non-hydrogen) atoms. The summed E-state index contributed by atoms with van der Waals surface area (Å²) in [5.41, 5.74) is 1.73. The maximum atomic E-state index is 11.0. The van der Waals surface area contributed by atoms with E-state index in [1.807, 2.05) is 43.5 Å². The van der Waals surface area contributed by atoms with Crippen LogP contribution in [0.25, 0.3) is 10.6 Å². The van der Waals surface area contributed by atoms with Crippen LogP contribution in [0.15, 0.2) is 42.7 Å². The molecule has 0 spiro atoms. The van der Waals surface area contributed by atoms with Gasteiger partial charge in [-0.15, -0.1) is 24.8 Å². The Labute approximate surface area is 226 Å². The van der Waals surface area contributed by atoms with Gasteiger partial charge in [-0.25, -0.2) is 15.0 Å². The van der Waals surface area contributed by atoms with Crippen molar-refractivity contribution in [3.63, 3.8) is 0 Å². The van der Waals surface area contributed by atoms with E-state index in [2.05, 4.69) is 20.2 Å². The summed E-state index contributed by atoms with van der Waals surface area (Å²) in [7, 11) is 0. The smallest absolute Gasteiger partial charge is 0.303 e. The molecule has 9 nitrogen and oxygen atoms in total. The van der Waals surface area contributed by atoms with Crippen molar-refractivity contribution in [3.05, 3.63) is 48.3 Å². The van der Waals surface area contributed by atoms with Crippen LogP contribution in [0.3, 0.4) is 0 Å². The first kappa shape index (κ1) is 28.1. The summed E-state index contributed by atoms with van der Waals surface area (Å²) in [4.78, 5) is 28.0. The number of carboxylic acids is 1. The number of pyridine rings is 2. The molecular formula is C24H29Cl2N5O4S. The molecule has 0 unspecified atom stereocenters. The number of ether oxygens (including phenoxy) is 2. The number of piperidine rings is 1. The van der Waals surface area contributed by atoms with Gasteiger partial charge in [0.05, 0.1) is 23.8 Å². The van der Waals surface area contributed by atoms with E-state index in [0.717, 1.165) is 47.2 Å². The predicted molar refractivity (Wildman–Crippen MR) is 144 cm³/mol. The summed E-state index contributed by atoms with van der Waals surface area (Å²) in [6.07, 6.45) is 5.58. The Bertz CT molecular complexity index is 1170. The third-order valence-electron chi connectivity index (χ3n) is 6.22. The Hall–Kier alpha value is -2.50. The molecule has 194 valence electrons. The molecule has 0 aliphatic carbocycles. The molecule has 2 aliphatic rings. The number of aromatic nitrogens is 3. The zero-order valence-corrected chi connectivity index (χ0v) is 22.2. The number of nitrogens with zero attached hydrogens (tertiary/aromatic N) is 4. The van der Waals surface area contributed by atoms with E-state index in [1.54, 1.807) is 17.5 Å². The monoisotopic (exact) mass is 553 g/mol. The average molecular weight is 555 g/mol. The Morgan fingerprint density at radius 2 is 1.92 bits per heavy atom. The van der Waals surface area contributed by atoms with E-state index in [-0.39, 0.29) is 37.2 Å². The molecule has 0 saturated carbocycles. The van der Waals surface area contributed by atoms with E-state index < -0.39 is 11.8 Å². The molecule has 5 rings (SSSR count). The maximum Gasteiger partial charge on any atom is 0.303 e. The van der Waals surface area contributed by atoms with Crippen LogP contribution in [0.2, 0.25) is 0 Å². The lowest BCUT2D eigenvalue weighted by atomic mass is 9.94. The first-order valence-corrected chi connectivity index (χ1v) is 12.2. The average Bonchev–Trinajstić information content (AvgIpc) is 3.50. The fourth-order valence-electron chi connectivity index (χ4n) is 4.34. The number of rotatable bonds is 7. The summed E-state index contributed by atoms with van der Waals surface area (Å²) < 4.78 is 11.5.